The van der Waals surface area contributed by atoms with E-state index in [0.29, 0.717) is 12.3 Å². The molecule has 1 fully saturated rings. The van der Waals surface area contributed by atoms with Crippen molar-refractivity contribution in [2.45, 2.75) is 55.6 Å². The molecule has 170 valence electrons. The van der Waals surface area contributed by atoms with Crippen molar-refractivity contribution in [1.29, 1.82) is 0 Å². The third-order valence-corrected chi connectivity index (χ3v) is 8.08. The molecule has 0 radical (unpaired) electrons. The van der Waals surface area contributed by atoms with E-state index >= 15 is 0 Å². The van der Waals surface area contributed by atoms with Crippen LogP contribution < -0.4 is 10.3 Å². The van der Waals surface area contributed by atoms with Gasteiger partial charge < -0.3 is 4.74 Å². The van der Waals surface area contributed by atoms with Crippen LogP contribution in [0.5, 0.6) is 5.75 Å². The van der Waals surface area contributed by atoms with Crippen LogP contribution in [0.1, 0.15) is 48.8 Å². The summed E-state index contributed by atoms with van der Waals surface area (Å²) in [5.74, 6) is 1.52. The van der Waals surface area contributed by atoms with E-state index in [2.05, 4.69) is 30.8 Å². The van der Waals surface area contributed by atoms with Crippen molar-refractivity contribution in [3.05, 3.63) is 88.2 Å². The maximum atomic E-state index is 14.3. The van der Waals surface area contributed by atoms with Crippen LogP contribution in [0.25, 0.3) is 11.3 Å². The molecule has 0 aliphatic heterocycles. The van der Waals surface area contributed by atoms with E-state index in [1.165, 1.54) is 24.8 Å². The molecule has 0 unspecified atom stereocenters. The number of aromatic nitrogens is 2. The third-order valence-electron chi connectivity index (χ3n) is 7.11. The van der Waals surface area contributed by atoms with Crippen LogP contribution in [0.4, 0.5) is 0 Å². The van der Waals surface area contributed by atoms with E-state index < -0.39 is 0 Å². The zero-order chi connectivity index (χ0) is 22.8. The summed E-state index contributed by atoms with van der Waals surface area (Å²) in [6, 6.07) is 16.5. The molecule has 0 atom stereocenters. The van der Waals surface area contributed by atoms with Crippen molar-refractivity contribution in [2.24, 2.45) is 0 Å². The fourth-order valence-corrected chi connectivity index (χ4v) is 6.24. The van der Waals surface area contributed by atoms with E-state index in [0.717, 1.165) is 52.6 Å². The smallest absolute Gasteiger partial charge is 0.258 e. The summed E-state index contributed by atoms with van der Waals surface area (Å²) in [7, 11) is 1.67. The van der Waals surface area contributed by atoms with Gasteiger partial charge in [-0.2, -0.15) is 0 Å². The van der Waals surface area contributed by atoms with Gasteiger partial charge in [0.25, 0.3) is 5.56 Å². The highest BCUT2D eigenvalue weighted by molar-refractivity contribution is 7.99. The number of ether oxygens (including phenoxy) is 1. The Morgan fingerprint density at radius 2 is 1.88 bits per heavy atom. The molecule has 5 heteroatoms. The average molecular weight is 459 g/mol. The number of rotatable bonds is 6. The first-order valence-electron chi connectivity index (χ1n) is 11.8. The lowest BCUT2D eigenvalue weighted by Crippen LogP contribution is -2.43. The number of thioether (sulfide) groups is 1. The first-order chi connectivity index (χ1) is 16.1. The summed E-state index contributed by atoms with van der Waals surface area (Å²) in [6.07, 6.45) is 8.53. The maximum Gasteiger partial charge on any atom is 0.258 e. The first-order valence-corrected chi connectivity index (χ1v) is 12.7. The highest BCUT2D eigenvalue weighted by atomic mass is 32.2. The maximum absolute atomic E-state index is 14.3. The highest BCUT2D eigenvalue weighted by Gasteiger charge is 2.43. The van der Waals surface area contributed by atoms with Gasteiger partial charge in [0, 0.05) is 16.7 Å². The van der Waals surface area contributed by atoms with Gasteiger partial charge in [-0.3, -0.25) is 9.36 Å². The van der Waals surface area contributed by atoms with Crippen molar-refractivity contribution in [1.82, 2.24) is 9.55 Å². The average Bonchev–Trinajstić information content (AvgIpc) is 2.85. The number of fused-ring (bicyclic) bond motifs is 4. The van der Waals surface area contributed by atoms with Crippen LogP contribution in [0.15, 0.2) is 71.1 Å². The Balaban J connectivity index is 1.70. The molecule has 2 aliphatic carbocycles. The van der Waals surface area contributed by atoms with E-state index in [1.807, 2.05) is 34.9 Å². The minimum Gasteiger partial charge on any atom is -0.497 e. The highest BCUT2D eigenvalue weighted by Crippen LogP contribution is 2.48. The molecule has 2 aromatic carbocycles. The lowest BCUT2D eigenvalue weighted by Gasteiger charge is -2.42. The zero-order valence-electron chi connectivity index (χ0n) is 19.2. The first kappa shape index (κ1) is 22.0. The molecule has 1 aromatic heterocycles. The Hall–Kier alpha value is -2.79. The summed E-state index contributed by atoms with van der Waals surface area (Å²) in [5, 5.41) is 0.761. The van der Waals surface area contributed by atoms with Gasteiger partial charge in [-0.25, -0.2) is 4.98 Å². The fraction of sp³-hybridized carbons (Fsp3) is 0.357. The van der Waals surface area contributed by atoms with Crippen molar-refractivity contribution < 1.29 is 4.74 Å². The molecule has 0 N–H and O–H groups in total. The minimum absolute atomic E-state index is 0.102. The summed E-state index contributed by atoms with van der Waals surface area (Å²) in [4.78, 5) is 19.5. The summed E-state index contributed by atoms with van der Waals surface area (Å²) >= 11 is 1.58. The van der Waals surface area contributed by atoms with Crippen LogP contribution in [0, 0.1) is 0 Å². The van der Waals surface area contributed by atoms with Crippen LogP contribution in [0.3, 0.4) is 0 Å². The third kappa shape index (κ3) is 4.04. The molecule has 0 amide bonds. The molecule has 1 spiro atoms. The van der Waals surface area contributed by atoms with Crippen molar-refractivity contribution in [2.75, 3.05) is 12.9 Å². The predicted molar refractivity (Wildman–Crippen MR) is 135 cm³/mol. The standard InChI is InChI=1S/C28H30N2O2S/c1-3-17-33-27-29-25-23-10-6-5-9-21(23)18-28(15-7-4-8-16-28)24(25)26(31)30(27)19-20-11-13-22(32-2)14-12-20/h3,5-6,9-14H,1,4,7-8,15-19H2,2H3. The van der Waals surface area contributed by atoms with Gasteiger partial charge in [-0.05, 0) is 42.5 Å². The quantitative estimate of drug-likeness (QED) is 0.258. The van der Waals surface area contributed by atoms with Gasteiger partial charge in [-0.15, -0.1) is 6.58 Å². The molecule has 33 heavy (non-hydrogen) atoms. The van der Waals surface area contributed by atoms with Crippen LogP contribution in [-0.4, -0.2) is 22.4 Å². The number of methoxy groups -OCH3 is 1. The number of nitrogens with zero attached hydrogens (tertiary/aromatic N) is 2. The monoisotopic (exact) mass is 458 g/mol. The Morgan fingerprint density at radius 3 is 2.61 bits per heavy atom. The van der Waals surface area contributed by atoms with Crippen molar-refractivity contribution in [3.8, 4) is 17.0 Å². The Kier molecular flexibility index (Phi) is 6.15. The predicted octanol–water partition coefficient (Wildman–Crippen LogP) is 6.00. The van der Waals surface area contributed by atoms with E-state index in [9.17, 15) is 4.79 Å². The van der Waals surface area contributed by atoms with Crippen molar-refractivity contribution in [3.63, 3.8) is 0 Å². The minimum atomic E-state index is -0.102. The van der Waals surface area contributed by atoms with E-state index in [4.69, 9.17) is 9.72 Å². The fourth-order valence-electron chi connectivity index (χ4n) is 5.52. The van der Waals surface area contributed by atoms with Crippen molar-refractivity contribution >= 4 is 11.8 Å². The summed E-state index contributed by atoms with van der Waals surface area (Å²) < 4.78 is 7.19. The molecular weight excluding hydrogens is 428 g/mol. The van der Waals surface area contributed by atoms with Gasteiger partial charge in [0.1, 0.15) is 5.75 Å². The van der Waals surface area contributed by atoms with E-state index in [1.54, 1.807) is 18.9 Å². The van der Waals surface area contributed by atoms with Gasteiger partial charge in [0.15, 0.2) is 5.16 Å². The normalized spacial score (nSPS) is 16.2. The largest absolute Gasteiger partial charge is 0.497 e. The van der Waals surface area contributed by atoms with Gasteiger partial charge >= 0.3 is 0 Å². The van der Waals surface area contributed by atoms with Crippen LogP contribution in [0.2, 0.25) is 0 Å². The van der Waals surface area contributed by atoms with Gasteiger partial charge in [0.2, 0.25) is 0 Å². The number of benzene rings is 2. The second-order valence-corrected chi connectivity index (χ2v) is 10.1. The van der Waals surface area contributed by atoms with Crippen LogP contribution in [-0.2, 0) is 18.4 Å². The number of hydrogen-bond donors (Lipinski definition) is 0. The van der Waals surface area contributed by atoms with Gasteiger partial charge in [0.05, 0.1) is 24.9 Å². The Labute approximate surface area is 199 Å². The molecule has 2 aliphatic rings. The second-order valence-electron chi connectivity index (χ2n) is 9.13. The molecule has 4 nitrogen and oxygen atoms in total. The summed E-state index contributed by atoms with van der Waals surface area (Å²) in [5.41, 5.74) is 5.38. The Bertz CT molecular complexity index is 1220. The summed E-state index contributed by atoms with van der Waals surface area (Å²) in [6.45, 7) is 4.37. The lowest BCUT2D eigenvalue weighted by molar-refractivity contribution is 0.282. The second kappa shape index (κ2) is 9.22. The topological polar surface area (TPSA) is 44.1 Å². The zero-order valence-corrected chi connectivity index (χ0v) is 20.0. The molecule has 5 rings (SSSR count). The molecular formula is C28H30N2O2S. The Morgan fingerprint density at radius 1 is 1.12 bits per heavy atom. The molecule has 0 bridgehead atoms. The molecule has 1 saturated carbocycles. The van der Waals surface area contributed by atoms with E-state index in [-0.39, 0.29) is 11.0 Å². The molecule has 1 heterocycles. The molecule has 3 aromatic rings. The lowest BCUT2D eigenvalue weighted by atomic mass is 9.62. The SMILES string of the molecule is C=CCSc1nc2c(c(=O)n1Cc1ccc(OC)cc1)C1(CCCCC1)Cc1ccccc1-2. The van der Waals surface area contributed by atoms with Gasteiger partial charge in [-0.1, -0.05) is 73.5 Å². The van der Waals surface area contributed by atoms with Crippen LogP contribution >= 0.6 is 11.8 Å². The number of hydrogen-bond acceptors (Lipinski definition) is 4. The molecule has 0 saturated heterocycles.